The number of alkyl halides is 1. The molecule has 1 aliphatic rings. The van der Waals surface area contributed by atoms with Gasteiger partial charge in [-0.3, -0.25) is 4.79 Å². The van der Waals surface area contributed by atoms with Gasteiger partial charge in [0.1, 0.15) is 6.17 Å². The lowest BCUT2D eigenvalue weighted by atomic mass is 10.1. The van der Waals surface area contributed by atoms with Crippen LogP contribution < -0.4 is 0 Å². The Hall–Kier alpha value is -0.860. The summed E-state index contributed by atoms with van der Waals surface area (Å²) in [7, 11) is 0. The van der Waals surface area contributed by atoms with E-state index in [4.69, 9.17) is 0 Å². The van der Waals surface area contributed by atoms with Crippen molar-refractivity contribution in [2.24, 2.45) is 0 Å². The molecule has 0 saturated carbocycles. The number of amides is 1. The maximum Gasteiger partial charge on any atom is 0.246 e. The first-order valence-corrected chi connectivity index (χ1v) is 3.79. The van der Waals surface area contributed by atoms with E-state index >= 15 is 0 Å². The Morgan fingerprint density at radius 3 is 3.00 bits per heavy atom. The van der Waals surface area contributed by atoms with Gasteiger partial charge in [0.25, 0.3) is 0 Å². The van der Waals surface area contributed by atoms with Gasteiger partial charge in [0.05, 0.1) is 6.54 Å². The SMILES string of the molecule is C=CC(=O)N1CCCC(F)C1. The molecule has 1 atom stereocenters. The highest BCUT2D eigenvalue weighted by Crippen LogP contribution is 2.12. The van der Waals surface area contributed by atoms with Gasteiger partial charge in [-0.1, -0.05) is 6.58 Å². The highest BCUT2D eigenvalue weighted by Gasteiger charge is 2.20. The van der Waals surface area contributed by atoms with Crippen LogP contribution in [0.15, 0.2) is 12.7 Å². The Morgan fingerprint density at radius 1 is 1.73 bits per heavy atom. The summed E-state index contributed by atoms with van der Waals surface area (Å²) in [5, 5.41) is 0. The molecule has 62 valence electrons. The van der Waals surface area contributed by atoms with Gasteiger partial charge in [0.2, 0.25) is 5.91 Å². The molecule has 1 unspecified atom stereocenters. The van der Waals surface area contributed by atoms with E-state index in [0.717, 1.165) is 6.42 Å². The fourth-order valence-electron chi connectivity index (χ4n) is 1.25. The molecule has 0 aromatic heterocycles. The summed E-state index contributed by atoms with van der Waals surface area (Å²) in [6, 6.07) is 0. The normalized spacial score (nSPS) is 24.8. The summed E-state index contributed by atoms with van der Waals surface area (Å²) in [6.45, 7) is 4.26. The number of likely N-dealkylation sites (tertiary alicyclic amines) is 1. The molecule has 0 N–H and O–H groups in total. The van der Waals surface area contributed by atoms with Crippen LogP contribution in [0.3, 0.4) is 0 Å². The zero-order chi connectivity index (χ0) is 8.27. The number of halogens is 1. The zero-order valence-electron chi connectivity index (χ0n) is 6.42. The van der Waals surface area contributed by atoms with Gasteiger partial charge in [-0.25, -0.2) is 4.39 Å². The lowest BCUT2D eigenvalue weighted by Crippen LogP contribution is -2.39. The molecular weight excluding hydrogens is 145 g/mol. The maximum atomic E-state index is 12.7. The molecule has 0 bridgehead atoms. The fourth-order valence-corrected chi connectivity index (χ4v) is 1.25. The Bertz CT molecular complexity index is 169. The Labute approximate surface area is 65.7 Å². The summed E-state index contributed by atoms with van der Waals surface area (Å²) in [6.07, 6.45) is 1.74. The predicted octanol–water partition coefficient (Wildman–Crippen LogP) is 1.13. The van der Waals surface area contributed by atoms with Crippen LogP contribution in [0, 0.1) is 0 Å². The average Bonchev–Trinajstić information content (AvgIpc) is 2.03. The second-order valence-electron chi connectivity index (χ2n) is 2.73. The van der Waals surface area contributed by atoms with Crippen molar-refractivity contribution in [3.63, 3.8) is 0 Å². The molecule has 0 radical (unpaired) electrons. The summed E-state index contributed by atoms with van der Waals surface area (Å²) < 4.78 is 12.7. The zero-order valence-corrected chi connectivity index (χ0v) is 6.42. The molecule has 1 aliphatic heterocycles. The van der Waals surface area contributed by atoms with Crippen molar-refractivity contribution < 1.29 is 9.18 Å². The van der Waals surface area contributed by atoms with Gasteiger partial charge in [-0.05, 0) is 18.9 Å². The minimum atomic E-state index is -0.840. The van der Waals surface area contributed by atoms with E-state index in [9.17, 15) is 9.18 Å². The van der Waals surface area contributed by atoms with Crippen LogP contribution in [-0.4, -0.2) is 30.1 Å². The monoisotopic (exact) mass is 157 g/mol. The molecule has 1 rings (SSSR count). The highest BCUT2D eigenvalue weighted by atomic mass is 19.1. The number of piperidine rings is 1. The van der Waals surface area contributed by atoms with Crippen molar-refractivity contribution in [1.29, 1.82) is 0 Å². The first-order chi connectivity index (χ1) is 5.24. The van der Waals surface area contributed by atoms with Crippen molar-refractivity contribution >= 4 is 5.91 Å². The summed E-state index contributed by atoms with van der Waals surface area (Å²) in [4.78, 5) is 12.5. The molecule has 1 saturated heterocycles. The highest BCUT2D eigenvalue weighted by molar-refractivity contribution is 5.87. The van der Waals surface area contributed by atoms with Gasteiger partial charge in [-0.15, -0.1) is 0 Å². The quantitative estimate of drug-likeness (QED) is 0.522. The fraction of sp³-hybridized carbons (Fsp3) is 0.625. The number of hydrogen-bond acceptors (Lipinski definition) is 1. The number of carbonyl (C=O) groups is 1. The van der Waals surface area contributed by atoms with Crippen molar-refractivity contribution in [1.82, 2.24) is 4.90 Å². The lowest BCUT2D eigenvalue weighted by Gasteiger charge is -2.27. The lowest BCUT2D eigenvalue weighted by molar-refractivity contribution is -0.128. The molecule has 0 aromatic carbocycles. The average molecular weight is 157 g/mol. The van der Waals surface area contributed by atoms with Gasteiger partial charge in [0, 0.05) is 6.54 Å². The van der Waals surface area contributed by atoms with Crippen molar-refractivity contribution in [2.45, 2.75) is 19.0 Å². The molecule has 3 heteroatoms. The van der Waals surface area contributed by atoms with E-state index in [1.807, 2.05) is 0 Å². The predicted molar refractivity (Wildman–Crippen MR) is 40.9 cm³/mol. The third kappa shape index (κ3) is 2.03. The number of hydrogen-bond donors (Lipinski definition) is 0. The van der Waals surface area contributed by atoms with E-state index < -0.39 is 6.17 Å². The first-order valence-electron chi connectivity index (χ1n) is 3.79. The van der Waals surface area contributed by atoms with Crippen LogP contribution in [0.2, 0.25) is 0 Å². The Kier molecular flexibility index (Phi) is 2.63. The molecular formula is C8H12FNO. The summed E-state index contributed by atoms with van der Waals surface area (Å²) in [5.41, 5.74) is 0. The van der Waals surface area contributed by atoms with Crippen LogP contribution in [0.1, 0.15) is 12.8 Å². The van der Waals surface area contributed by atoms with Crippen LogP contribution in [-0.2, 0) is 4.79 Å². The smallest absolute Gasteiger partial charge is 0.246 e. The van der Waals surface area contributed by atoms with Gasteiger partial charge >= 0.3 is 0 Å². The standard InChI is InChI=1S/C8H12FNO/c1-2-8(11)10-5-3-4-7(9)6-10/h2,7H,1,3-6H2. The van der Waals surface area contributed by atoms with E-state index in [-0.39, 0.29) is 12.5 Å². The van der Waals surface area contributed by atoms with E-state index in [1.165, 1.54) is 11.0 Å². The van der Waals surface area contributed by atoms with E-state index in [0.29, 0.717) is 13.0 Å². The van der Waals surface area contributed by atoms with Gasteiger partial charge < -0.3 is 4.90 Å². The molecule has 1 fully saturated rings. The first kappa shape index (κ1) is 8.24. The third-order valence-electron chi connectivity index (χ3n) is 1.85. The molecule has 1 amide bonds. The Balaban J connectivity index is 2.45. The number of carbonyl (C=O) groups excluding carboxylic acids is 1. The minimum Gasteiger partial charge on any atom is -0.336 e. The summed E-state index contributed by atoms with van der Waals surface area (Å²) in [5.74, 6) is -0.160. The molecule has 0 aromatic rings. The van der Waals surface area contributed by atoms with Crippen molar-refractivity contribution in [3.05, 3.63) is 12.7 Å². The molecule has 1 heterocycles. The van der Waals surface area contributed by atoms with Crippen LogP contribution >= 0.6 is 0 Å². The van der Waals surface area contributed by atoms with Crippen molar-refractivity contribution in [2.75, 3.05) is 13.1 Å². The van der Waals surface area contributed by atoms with E-state index in [1.54, 1.807) is 0 Å². The largest absolute Gasteiger partial charge is 0.336 e. The number of nitrogens with zero attached hydrogens (tertiary/aromatic N) is 1. The second kappa shape index (κ2) is 3.51. The minimum absolute atomic E-state index is 0.160. The van der Waals surface area contributed by atoms with Gasteiger partial charge in [-0.2, -0.15) is 0 Å². The molecule has 2 nitrogen and oxygen atoms in total. The third-order valence-corrected chi connectivity index (χ3v) is 1.85. The topological polar surface area (TPSA) is 20.3 Å². The van der Waals surface area contributed by atoms with E-state index in [2.05, 4.69) is 6.58 Å². The summed E-state index contributed by atoms with van der Waals surface area (Å²) >= 11 is 0. The molecule has 11 heavy (non-hydrogen) atoms. The van der Waals surface area contributed by atoms with Crippen LogP contribution in [0.4, 0.5) is 4.39 Å². The van der Waals surface area contributed by atoms with Crippen LogP contribution in [0.25, 0.3) is 0 Å². The molecule has 0 spiro atoms. The maximum absolute atomic E-state index is 12.7. The second-order valence-corrected chi connectivity index (χ2v) is 2.73. The Morgan fingerprint density at radius 2 is 2.45 bits per heavy atom. The van der Waals surface area contributed by atoms with Crippen molar-refractivity contribution in [3.8, 4) is 0 Å². The number of rotatable bonds is 1. The van der Waals surface area contributed by atoms with Crippen LogP contribution in [0.5, 0.6) is 0 Å². The van der Waals surface area contributed by atoms with Gasteiger partial charge in [0.15, 0.2) is 0 Å². The molecule has 0 aliphatic carbocycles.